The predicted octanol–water partition coefficient (Wildman–Crippen LogP) is 4.54. The van der Waals surface area contributed by atoms with Gasteiger partial charge in [0, 0.05) is 36.6 Å². The molecule has 0 bridgehead atoms. The molecule has 2 aliphatic heterocycles. The highest BCUT2D eigenvalue weighted by atomic mass is 16.3. The topological polar surface area (TPSA) is 86.7 Å². The second-order valence-corrected chi connectivity index (χ2v) is 9.67. The standard InChI is InChI=1S/C28H37N5O2/c1-2-3-27(24-8-9-26(30-20-24)28(34)32-25-10-14-29-15-11-25)33-16-12-22(13-17-33)18-21-4-6-23(7-5-21)19-31-35/h3-9,20,22,25,29H,2,10-19H2,1H3,(H,32,34)/b27-3-. The molecule has 4 rings (SSSR count). The largest absolute Gasteiger partial charge is 0.371 e. The van der Waals surface area contributed by atoms with Crippen molar-refractivity contribution in [3.05, 3.63) is 76.0 Å². The quantitative estimate of drug-likeness (QED) is 0.520. The number of nitrogens with one attached hydrogen (secondary N) is 2. The first-order valence-corrected chi connectivity index (χ1v) is 13.0. The van der Waals surface area contributed by atoms with E-state index < -0.39 is 0 Å². The van der Waals surface area contributed by atoms with Crippen molar-refractivity contribution in [2.45, 2.75) is 58.0 Å². The number of likely N-dealkylation sites (tertiary alicyclic amines) is 1. The number of carbonyl (C=O) groups is 1. The number of piperidine rings is 2. The lowest BCUT2D eigenvalue weighted by atomic mass is 9.89. The Bertz CT molecular complexity index is 989. The van der Waals surface area contributed by atoms with E-state index in [2.05, 4.69) is 50.8 Å². The summed E-state index contributed by atoms with van der Waals surface area (Å²) in [7, 11) is 0. The number of rotatable bonds is 9. The molecule has 2 aliphatic rings. The molecular weight excluding hydrogens is 438 g/mol. The van der Waals surface area contributed by atoms with Gasteiger partial charge in [-0.15, -0.1) is 0 Å². The minimum Gasteiger partial charge on any atom is -0.371 e. The third-order valence-electron chi connectivity index (χ3n) is 7.11. The van der Waals surface area contributed by atoms with Crippen LogP contribution in [0.4, 0.5) is 0 Å². The van der Waals surface area contributed by atoms with Gasteiger partial charge in [-0.25, -0.2) is 0 Å². The van der Waals surface area contributed by atoms with Crippen LogP contribution < -0.4 is 10.6 Å². The first-order valence-electron chi connectivity index (χ1n) is 13.0. The third-order valence-corrected chi connectivity index (χ3v) is 7.11. The Kier molecular flexibility index (Phi) is 9.01. The Hall–Kier alpha value is -3.06. The number of allylic oxidation sites excluding steroid dienone is 1. The van der Waals surface area contributed by atoms with Gasteiger partial charge in [-0.3, -0.25) is 9.78 Å². The Morgan fingerprint density at radius 1 is 1.09 bits per heavy atom. The molecular formula is C28H37N5O2. The average molecular weight is 476 g/mol. The molecule has 0 unspecified atom stereocenters. The number of nitroso groups, excluding NO2 is 1. The minimum absolute atomic E-state index is 0.0826. The Labute approximate surface area is 208 Å². The van der Waals surface area contributed by atoms with Crippen molar-refractivity contribution in [1.29, 1.82) is 0 Å². The van der Waals surface area contributed by atoms with Gasteiger partial charge in [0.2, 0.25) is 0 Å². The summed E-state index contributed by atoms with van der Waals surface area (Å²) in [6.45, 7) is 6.33. The molecule has 1 amide bonds. The minimum atomic E-state index is -0.0826. The molecule has 0 spiro atoms. The summed E-state index contributed by atoms with van der Waals surface area (Å²) in [4.78, 5) is 30.0. The van der Waals surface area contributed by atoms with Crippen molar-refractivity contribution in [2.75, 3.05) is 26.2 Å². The molecule has 1 aromatic heterocycles. The molecule has 1 aromatic carbocycles. The van der Waals surface area contributed by atoms with Crippen molar-refractivity contribution in [3.8, 4) is 0 Å². The van der Waals surface area contributed by atoms with Gasteiger partial charge in [-0.05, 0) is 80.8 Å². The molecule has 2 N–H and O–H groups in total. The zero-order chi connectivity index (χ0) is 24.5. The zero-order valence-electron chi connectivity index (χ0n) is 20.7. The third kappa shape index (κ3) is 6.98. The molecule has 2 saturated heterocycles. The van der Waals surface area contributed by atoms with Gasteiger partial charge in [0.25, 0.3) is 5.91 Å². The van der Waals surface area contributed by atoms with E-state index in [9.17, 15) is 9.70 Å². The van der Waals surface area contributed by atoms with E-state index in [1.807, 2.05) is 30.5 Å². The number of pyridine rings is 1. The molecule has 0 aliphatic carbocycles. The lowest BCUT2D eigenvalue weighted by molar-refractivity contribution is 0.0924. The fourth-order valence-corrected chi connectivity index (χ4v) is 5.09. The van der Waals surface area contributed by atoms with Crippen LogP contribution >= 0.6 is 0 Å². The van der Waals surface area contributed by atoms with Crippen molar-refractivity contribution < 1.29 is 4.79 Å². The van der Waals surface area contributed by atoms with E-state index >= 15 is 0 Å². The van der Waals surface area contributed by atoms with E-state index in [1.165, 1.54) is 11.3 Å². The molecule has 2 aromatic rings. The van der Waals surface area contributed by atoms with Gasteiger partial charge in [0.1, 0.15) is 12.2 Å². The van der Waals surface area contributed by atoms with Crippen molar-refractivity contribution in [3.63, 3.8) is 0 Å². The lowest BCUT2D eigenvalue weighted by Gasteiger charge is -2.35. The van der Waals surface area contributed by atoms with E-state index in [0.29, 0.717) is 11.6 Å². The summed E-state index contributed by atoms with van der Waals surface area (Å²) in [6.07, 6.45) is 10.4. The average Bonchev–Trinajstić information content (AvgIpc) is 2.90. The predicted molar refractivity (Wildman–Crippen MR) is 140 cm³/mol. The summed E-state index contributed by atoms with van der Waals surface area (Å²) in [5.41, 5.74) is 5.07. The molecule has 0 saturated carbocycles. The maximum Gasteiger partial charge on any atom is 0.270 e. The van der Waals surface area contributed by atoms with Gasteiger partial charge in [-0.2, -0.15) is 4.91 Å². The smallest absolute Gasteiger partial charge is 0.270 e. The fraction of sp³-hybridized carbons (Fsp3) is 0.500. The van der Waals surface area contributed by atoms with Crippen LogP contribution in [-0.2, 0) is 13.0 Å². The van der Waals surface area contributed by atoms with Gasteiger partial charge in [-0.1, -0.05) is 42.4 Å². The van der Waals surface area contributed by atoms with Crippen LogP contribution in [0.1, 0.15) is 66.2 Å². The number of aromatic nitrogens is 1. The van der Waals surface area contributed by atoms with Crippen molar-refractivity contribution in [1.82, 2.24) is 20.5 Å². The Morgan fingerprint density at radius 3 is 2.43 bits per heavy atom. The van der Waals surface area contributed by atoms with E-state index in [-0.39, 0.29) is 18.5 Å². The van der Waals surface area contributed by atoms with Crippen LogP contribution in [-0.4, -0.2) is 48.0 Å². The summed E-state index contributed by atoms with van der Waals surface area (Å²) in [6, 6.07) is 12.4. The second kappa shape index (κ2) is 12.6. The molecule has 0 atom stereocenters. The highest BCUT2D eigenvalue weighted by molar-refractivity contribution is 5.92. The number of hydrogen-bond acceptors (Lipinski definition) is 6. The van der Waals surface area contributed by atoms with Gasteiger partial charge in [0.05, 0.1) is 0 Å². The zero-order valence-corrected chi connectivity index (χ0v) is 20.7. The maximum atomic E-state index is 12.6. The van der Waals surface area contributed by atoms with E-state index in [1.54, 1.807) is 0 Å². The Balaban J connectivity index is 1.32. The monoisotopic (exact) mass is 475 g/mol. The number of carbonyl (C=O) groups excluding carboxylic acids is 1. The SMILES string of the molecule is CC/C=C(/c1ccc(C(=O)NC2CCNCC2)nc1)N1CCC(Cc2ccc(CN=O)cc2)CC1. The van der Waals surface area contributed by atoms with Crippen molar-refractivity contribution >= 4 is 11.6 Å². The molecule has 7 heteroatoms. The van der Waals surface area contributed by atoms with E-state index in [0.717, 1.165) is 75.8 Å². The fourth-order valence-electron chi connectivity index (χ4n) is 5.09. The summed E-state index contributed by atoms with van der Waals surface area (Å²) in [5, 5.41) is 9.41. The first kappa shape index (κ1) is 25.0. The molecule has 35 heavy (non-hydrogen) atoms. The second-order valence-electron chi connectivity index (χ2n) is 9.67. The van der Waals surface area contributed by atoms with Crippen LogP contribution in [0.3, 0.4) is 0 Å². The number of nitrogens with zero attached hydrogens (tertiary/aromatic N) is 3. The highest BCUT2D eigenvalue weighted by Crippen LogP contribution is 2.28. The van der Waals surface area contributed by atoms with E-state index in [4.69, 9.17) is 0 Å². The molecule has 7 nitrogen and oxygen atoms in total. The summed E-state index contributed by atoms with van der Waals surface area (Å²) >= 11 is 0. The van der Waals surface area contributed by atoms with Gasteiger partial charge < -0.3 is 15.5 Å². The molecule has 0 radical (unpaired) electrons. The molecule has 186 valence electrons. The normalized spacial score (nSPS) is 17.9. The first-order chi connectivity index (χ1) is 17.2. The van der Waals surface area contributed by atoms with Crippen LogP contribution in [0.5, 0.6) is 0 Å². The van der Waals surface area contributed by atoms with Crippen LogP contribution in [0.25, 0.3) is 5.70 Å². The van der Waals surface area contributed by atoms with Gasteiger partial charge >= 0.3 is 0 Å². The van der Waals surface area contributed by atoms with Crippen LogP contribution in [0, 0.1) is 10.8 Å². The summed E-state index contributed by atoms with van der Waals surface area (Å²) < 4.78 is 0. The van der Waals surface area contributed by atoms with Crippen molar-refractivity contribution in [2.24, 2.45) is 11.1 Å². The van der Waals surface area contributed by atoms with Crippen LogP contribution in [0.2, 0.25) is 0 Å². The molecule has 2 fully saturated rings. The highest BCUT2D eigenvalue weighted by Gasteiger charge is 2.22. The van der Waals surface area contributed by atoms with Crippen LogP contribution in [0.15, 0.2) is 53.8 Å². The maximum absolute atomic E-state index is 12.6. The number of amides is 1. The summed E-state index contributed by atoms with van der Waals surface area (Å²) in [5.74, 6) is 0.573. The van der Waals surface area contributed by atoms with Gasteiger partial charge in [0.15, 0.2) is 0 Å². The number of hydrogen-bond donors (Lipinski definition) is 2. The lowest BCUT2D eigenvalue weighted by Crippen LogP contribution is -2.42. The Morgan fingerprint density at radius 2 is 1.80 bits per heavy atom. The number of benzene rings is 1. The molecule has 3 heterocycles.